The molecule has 0 aromatic carbocycles. The Balaban J connectivity index is 2.84. The van der Waals surface area contributed by atoms with Crippen molar-refractivity contribution in [2.45, 2.75) is 45.5 Å². The van der Waals surface area contributed by atoms with Crippen LogP contribution in [0.3, 0.4) is 0 Å². The molecule has 0 spiro atoms. The molecule has 0 fully saturated rings. The molecule has 0 N–H and O–H groups in total. The van der Waals surface area contributed by atoms with Gasteiger partial charge in [0.25, 0.3) is 0 Å². The van der Waals surface area contributed by atoms with Crippen LogP contribution in [0.15, 0.2) is 12.2 Å². The van der Waals surface area contributed by atoms with E-state index in [9.17, 15) is 14.4 Å². The molecule has 1 aliphatic rings. The van der Waals surface area contributed by atoms with E-state index in [4.69, 9.17) is 14.2 Å². The third-order valence-corrected chi connectivity index (χ3v) is 2.31. The second-order valence-corrected chi connectivity index (χ2v) is 3.96. The average Bonchev–Trinajstić information content (AvgIpc) is 2.20. The molecule has 100 valence electrons. The Labute approximate surface area is 105 Å². The van der Waals surface area contributed by atoms with Crippen molar-refractivity contribution in [3.63, 3.8) is 0 Å². The topological polar surface area (TPSA) is 78.9 Å². The molecule has 1 rings (SSSR count). The van der Waals surface area contributed by atoms with E-state index >= 15 is 0 Å². The van der Waals surface area contributed by atoms with Crippen LogP contribution in [-0.2, 0) is 28.6 Å². The lowest BCUT2D eigenvalue weighted by Gasteiger charge is -2.32. The molecule has 0 aliphatic heterocycles. The van der Waals surface area contributed by atoms with Crippen molar-refractivity contribution < 1.29 is 28.6 Å². The summed E-state index contributed by atoms with van der Waals surface area (Å²) in [6, 6.07) is 0. The predicted octanol–water partition coefficient (Wildman–Crippen LogP) is 0.741. The molecule has 0 saturated heterocycles. The highest BCUT2D eigenvalue weighted by Crippen LogP contribution is 2.22. The number of esters is 3. The molecule has 0 amide bonds. The smallest absolute Gasteiger partial charge is 0.303 e. The van der Waals surface area contributed by atoms with Gasteiger partial charge in [0.2, 0.25) is 0 Å². The average molecular weight is 256 g/mol. The number of rotatable bonds is 3. The van der Waals surface area contributed by atoms with Crippen LogP contribution in [-0.4, -0.2) is 36.2 Å². The van der Waals surface area contributed by atoms with Gasteiger partial charge in [-0.3, -0.25) is 14.4 Å². The lowest BCUT2D eigenvalue weighted by atomic mass is 9.98. The van der Waals surface area contributed by atoms with E-state index in [1.54, 1.807) is 12.2 Å². The molecule has 0 saturated carbocycles. The first-order valence-electron chi connectivity index (χ1n) is 5.58. The molecule has 6 heteroatoms. The van der Waals surface area contributed by atoms with Crippen LogP contribution in [0.5, 0.6) is 0 Å². The second-order valence-electron chi connectivity index (χ2n) is 3.96. The van der Waals surface area contributed by atoms with Crippen LogP contribution in [0.2, 0.25) is 0 Å². The van der Waals surface area contributed by atoms with E-state index in [1.165, 1.54) is 20.8 Å². The second kappa shape index (κ2) is 6.18. The lowest BCUT2D eigenvalue weighted by molar-refractivity contribution is -0.179. The van der Waals surface area contributed by atoms with E-state index in [0.717, 1.165) is 0 Å². The predicted molar refractivity (Wildman–Crippen MR) is 60.4 cm³/mol. The van der Waals surface area contributed by atoms with Gasteiger partial charge < -0.3 is 14.2 Å². The van der Waals surface area contributed by atoms with Gasteiger partial charge in [0, 0.05) is 27.2 Å². The van der Waals surface area contributed by atoms with E-state index in [2.05, 4.69) is 0 Å². The van der Waals surface area contributed by atoms with Crippen LogP contribution >= 0.6 is 0 Å². The van der Waals surface area contributed by atoms with Gasteiger partial charge in [-0.15, -0.1) is 0 Å². The van der Waals surface area contributed by atoms with E-state index in [0.29, 0.717) is 6.42 Å². The summed E-state index contributed by atoms with van der Waals surface area (Å²) in [5.41, 5.74) is 0. The molecular weight excluding hydrogens is 240 g/mol. The van der Waals surface area contributed by atoms with Crippen LogP contribution < -0.4 is 0 Å². The highest BCUT2D eigenvalue weighted by molar-refractivity contribution is 5.68. The molecule has 0 radical (unpaired) electrons. The number of carbonyl (C=O) groups is 3. The van der Waals surface area contributed by atoms with E-state index < -0.39 is 36.2 Å². The van der Waals surface area contributed by atoms with Crippen LogP contribution in [0.25, 0.3) is 0 Å². The number of carbonyl (C=O) groups excluding carboxylic acids is 3. The van der Waals surface area contributed by atoms with Gasteiger partial charge in [-0.1, -0.05) is 6.08 Å². The number of ether oxygens (including phenoxy) is 3. The maximum atomic E-state index is 11.0. The SMILES string of the molecule is CC(=O)O[C@@H]1[C@H](OC(C)=O)C=CC[C@H]1OC(C)=O. The third kappa shape index (κ3) is 4.20. The number of hydrogen-bond acceptors (Lipinski definition) is 6. The standard InChI is InChI=1S/C12H16O6/c1-7(13)16-10-5-4-6-11(17-8(2)14)12(10)18-9(3)15/h4-5,10-12H,6H2,1-3H3/t10-,11-,12-/m1/s1. The summed E-state index contributed by atoms with van der Waals surface area (Å²) in [6.45, 7) is 3.77. The fraction of sp³-hybridized carbons (Fsp3) is 0.583. The van der Waals surface area contributed by atoms with Crippen LogP contribution in [0.4, 0.5) is 0 Å². The molecule has 3 atom stereocenters. The molecule has 18 heavy (non-hydrogen) atoms. The maximum Gasteiger partial charge on any atom is 0.303 e. The van der Waals surface area contributed by atoms with Crippen molar-refractivity contribution in [2.75, 3.05) is 0 Å². The normalized spacial score (nSPS) is 26.3. The van der Waals surface area contributed by atoms with Crippen molar-refractivity contribution in [1.29, 1.82) is 0 Å². The minimum absolute atomic E-state index is 0.412. The summed E-state index contributed by atoms with van der Waals surface area (Å²) in [6.07, 6.45) is 1.58. The maximum absolute atomic E-state index is 11.0. The highest BCUT2D eigenvalue weighted by Gasteiger charge is 2.37. The zero-order chi connectivity index (χ0) is 13.7. The Bertz CT molecular complexity index is 373. The van der Waals surface area contributed by atoms with Gasteiger partial charge in [0.05, 0.1) is 0 Å². The Morgan fingerprint density at radius 2 is 1.50 bits per heavy atom. The van der Waals surface area contributed by atoms with Crippen molar-refractivity contribution in [1.82, 2.24) is 0 Å². The van der Waals surface area contributed by atoms with Crippen molar-refractivity contribution in [3.8, 4) is 0 Å². The molecule has 0 aromatic heterocycles. The van der Waals surface area contributed by atoms with Gasteiger partial charge in [-0.2, -0.15) is 0 Å². The zero-order valence-electron chi connectivity index (χ0n) is 10.5. The Morgan fingerprint density at radius 3 is 2.00 bits per heavy atom. The molecule has 0 bridgehead atoms. The van der Waals surface area contributed by atoms with E-state index in [-0.39, 0.29) is 0 Å². The van der Waals surface area contributed by atoms with Crippen LogP contribution in [0.1, 0.15) is 27.2 Å². The van der Waals surface area contributed by atoms with Crippen molar-refractivity contribution >= 4 is 17.9 Å². The first-order valence-corrected chi connectivity index (χ1v) is 5.58. The largest absolute Gasteiger partial charge is 0.458 e. The number of hydrogen-bond donors (Lipinski definition) is 0. The van der Waals surface area contributed by atoms with E-state index in [1.807, 2.05) is 0 Å². The van der Waals surface area contributed by atoms with Gasteiger partial charge >= 0.3 is 17.9 Å². The fourth-order valence-corrected chi connectivity index (χ4v) is 1.76. The summed E-state index contributed by atoms with van der Waals surface area (Å²) in [5.74, 6) is -1.50. The first-order chi connectivity index (χ1) is 8.40. The Morgan fingerprint density at radius 1 is 0.944 bits per heavy atom. The lowest BCUT2D eigenvalue weighted by Crippen LogP contribution is -2.45. The van der Waals surface area contributed by atoms with Crippen molar-refractivity contribution in [3.05, 3.63) is 12.2 Å². The van der Waals surface area contributed by atoms with Gasteiger partial charge in [-0.05, 0) is 6.08 Å². The molecule has 0 unspecified atom stereocenters. The quantitative estimate of drug-likeness (QED) is 0.421. The Kier molecular flexibility index (Phi) is 4.88. The Hall–Kier alpha value is -1.85. The van der Waals surface area contributed by atoms with Gasteiger partial charge in [0.1, 0.15) is 6.10 Å². The summed E-state index contributed by atoms with van der Waals surface area (Å²) in [5, 5.41) is 0. The van der Waals surface area contributed by atoms with Gasteiger partial charge in [-0.25, -0.2) is 0 Å². The molecule has 1 aliphatic carbocycles. The third-order valence-electron chi connectivity index (χ3n) is 2.31. The first kappa shape index (κ1) is 14.2. The summed E-state index contributed by atoms with van der Waals surface area (Å²) in [4.78, 5) is 33.0. The minimum atomic E-state index is -0.805. The summed E-state index contributed by atoms with van der Waals surface area (Å²) in [7, 11) is 0. The van der Waals surface area contributed by atoms with Crippen molar-refractivity contribution in [2.24, 2.45) is 0 Å². The highest BCUT2D eigenvalue weighted by atomic mass is 16.6. The van der Waals surface area contributed by atoms with Gasteiger partial charge in [0.15, 0.2) is 12.2 Å². The molecule has 0 heterocycles. The molecule has 6 nitrogen and oxygen atoms in total. The molecular formula is C12H16O6. The summed E-state index contributed by atoms with van der Waals surface area (Å²) >= 11 is 0. The molecule has 0 aromatic rings. The minimum Gasteiger partial charge on any atom is -0.458 e. The zero-order valence-corrected chi connectivity index (χ0v) is 10.5. The fourth-order valence-electron chi connectivity index (χ4n) is 1.76. The monoisotopic (exact) mass is 256 g/mol. The van der Waals surface area contributed by atoms with Crippen LogP contribution in [0, 0.1) is 0 Å². The summed E-state index contributed by atoms with van der Waals surface area (Å²) < 4.78 is 15.2.